The lowest BCUT2D eigenvalue weighted by Crippen LogP contribution is -3.11. The molecule has 158 valence electrons. The van der Waals surface area contributed by atoms with E-state index < -0.39 is 10.0 Å². The van der Waals surface area contributed by atoms with Crippen molar-refractivity contribution in [3.05, 3.63) is 58.7 Å². The number of nitrogens with one attached hydrogen (secondary N) is 2. The molecular formula is C23H34N3O2S+. The zero-order chi connectivity index (χ0) is 21.2. The third kappa shape index (κ3) is 5.00. The summed E-state index contributed by atoms with van der Waals surface area (Å²) in [5, 5.41) is 0. The number of benzene rings is 2. The van der Waals surface area contributed by atoms with Crippen LogP contribution in [0.4, 0.5) is 5.69 Å². The van der Waals surface area contributed by atoms with Crippen LogP contribution in [-0.4, -0.2) is 42.1 Å². The summed E-state index contributed by atoms with van der Waals surface area (Å²) in [5.41, 5.74) is 5.02. The molecule has 0 bridgehead atoms. The number of quaternary nitrogens is 1. The number of hydrogen-bond donors (Lipinski definition) is 2. The Morgan fingerprint density at radius 1 is 1.00 bits per heavy atom. The molecule has 2 N–H and O–H groups in total. The molecule has 1 aliphatic rings. The van der Waals surface area contributed by atoms with Crippen molar-refractivity contribution >= 4 is 15.7 Å². The smallest absolute Gasteiger partial charge is 0.241 e. The molecule has 1 saturated heterocycles. The van der Waals surface area contributed by atoms with E-state index in [0.717, 1.165) is 35.5 Å². The summed E-state index contributed by atoms with van der Waals surface area (Å²) in [6.45, 7) is 8.32. The van der Waals surface area contributed by atoms with Crippen molar-refractivity contribution in [2.75, 3.05) is 38.6 Å². The summed E-state index contributed by atoms with van der Waals surface area (Å²) in [5.74, 6) is 0. The highest BCUT2D eigenvalue weighted by Gasteiger charge is 2.30. The first-order valence-electron chi connectivity index (χ1n) is 10.4. The van der Waals surface area contributed by atoms with Crippen LogP contribution in [0.15, 0.2) is 41.3 Å². The van der Waals surface area contributed by atoms with Gasteiger partial charge in [0.2, 0.25) is 10.0 Å². The van der Waals surface area contributed by atoms with Crippen molar-refractivity contribution in [3.8, 4) is 0 Å². The highest BCUT2D eigenvalue weighted by atomic mass is 32.2. The Labute approximate surface area is 175 Å². The second kappa shape index (κ2) is 8.86. The van der Waals surface area contributed by atoms with Crippen LogP contribution in [-0.2, 0) is 10.0 Å². The summed E-state index contributed by atoms with van der Waals surface area (Å²) in [4.78, 5) is 3.96. The van der Waals surface area contributed by atoms with Crippen molar-refractivity contribution in [2.45, 2.75) is 44.6 Å². The van der Waals surface area contributed by atoms with Gasteiger partial charge < -0.3 is 9.80 Å². The molecule has 0 aliphatic carbocycles. The topological polar surface area (TPSA) is 53.9 Å². The van der Waals surface area contributed by atoms with Gasteiger partial charge >= 0.3 is 0 Å². The molecule has 1 heterocycles. The molecule has 0 amide bonds. The van der Waals surface area contributed by atoms with E-state index in [1.54, 1.807) is 0 Å². The molecule has 0 radical (unpaired) electrons. The van der Waals surface area contributed by atoms with E-state index in [1.807, 2.05) is 47.0 Å². The van der Waals surface area contributed by atoms with Gasteiger partial charge in [0.25, 0.3) is 0 Å². The fourth-order valence-electron chi connectivity index (χ4n) is 4.54. The van der Waals surface area contributed by atoms with Gasteiger partial charge in [-0.15, -0.1) is 0 Å². The first kappa shape index (κ1) is 21.8. The molecule has 0 unspecified atom stereocenters. The molecule has 0 saturated carbocycles. The molecule has 2 aromatic rings. The number of rotatable bonds is 7. The molecule has 0 aromatic heterocycles. The maximum absolute atomic E-state index is 13.2. The Hall–Kier alpha value is -1.89. The van der Waals surface area contributed by atoms with Crippen LogP contribution in [0.25, 0.3) is 0 Å². The number of sulfonamides is 1. The van der Waals surface area contributed by atoms with Gasteiger partial charge in [0.1, 0.15) is 6.04 Å². The Balaban J connectivity index is 1.85. The highest BCUT2D eigenvalue weighted by Crippen LogP contribution is 2.22. The molecule has 3 rings (SSSR count). The third-order valence-electron chi connectivity index (χ3n) is 5.90. The first-order valence-corrected chi connectivity index (χ1v) is 11.9. The van der Waals surface area contributed by atoms with E-state index >= 15 is 0 Å². The summed E-state index contributed by atoms with van der Waals surface area (Å²) in [6, 6.07) is 12.5. The van der Waals surface area contributed by atoms with Crippen LogP contribution < -0.4 is 14.5 Å². The van der Waals surface area contributed by atoms with E-state index in [-0.39, 0.29) is 6.04 Å². The van der Waals surface area contributed by atoms with E-state index in [9.17, 15) is 8.42 Å². The quantitative estimate of drug-likeness (QED) is 0.729. The lowest BCUT2D eigenvalue weighted by molar-refractivity contribution is -0.918. The minimum Gasteiger partial charge on any atom is -0.378 e. The normalized spacial score (nSPS) is 16.2. The van der Waals surface area contributed by atoms with Crippen LogP contribution in [0.5, 0.6) is 0 Å². The third-order valence-corrected chi connectivity index (χ3v) is 7.63. The predicted molar refractivity (Wildman–Crippen MR) is 119 cm³/mol. The zero-order valence-corrected chi connectivity index (χ0v) is 19.1. The van der Waals surface area contributed by atoms with Crippen molar-refractivity contribution in [1.82, 2.24) is 4.72 Å². The second-order valence-electron chi connectivity index (χ2n) is 8.48. The van der Waals surface area contributed by atoms with E-state index in [2.05, 4.69) is 33.9 Å². The number of nitrogens with zero attached hydrogens (tertiary/aromatic N) is 1. The summed E-state index contributed by atoms with van der Waals surface area (Å²) in [6.07, 6.45) is 2.40. The maximum atomic E-state index is 13.2. The summed E-state index contributed by atoms with van der Waals surface area (Å²) in [7, 11) is 0.489. The van der Waals surface area contributed by atoms with Crippen molar-refractivity contribution in [1.29, 1.82) is 0 Å². The Morgan fingerprint density at radius 2 is 1.55 bits per heavy atom. The average molecular weight is 417 g/mol. The van der Waals surface area contributed by atoms with Gasteiger partial charge in [0.15, 0.2) is 0 Å². The van der Waals surface area contributed by atoms with Crippen LogP contribution in [0.1, 0.15) is 41.1 Å². The summed E-state index contributed by atoms with van der Waals surface area (Å²) >= 11 is 0. The minimum atomic E-state index is -3.56. The Morgan fingerprint density at radius 3 is 2.07 bits per heavy atom. The second-order valence-corrected chi connectivity index (χ2v) is 10.2. The van der Waals surface area contributed by atoms with Gasteiger partial charge in [0, 0.05) is 38.2 Å². The van der Waals surface area contributed by atoms with Gasteiger partial charge in [-0.25, -0.2) is 13.1 Å². The highest BCUT2D eigenvalue weighted by molar-refractivity contribution is 7.89. The average Bonchev–Trinajstić information content (AvgIpc) is 3.15. The number of anilines is 1. The van der Waals surface area contributed by atoms with Crippen LogP contribution >= 0.6 is 0 Å². The lowest BCUT2D eigenvalue weighted by Gasteiger charge is -2.26. The molecule has 0 spiro atoms. The number of hydrogen-bond acceptors (Lipinski definition) is 3. The van der Waals surface area contributed by atoms with Crippen LogP contribution in [0, 0.1) is 20.8 Å². The molecule has 5 nitrogen and oxygen atoms in total. The number of aryl methyl sites for hydroxylation is 3. The Kier molecular flexibility index (Phi) is 6.66. The van der Waals surface area contributed by atoms with Gasteiger partial charge in [0.05, 0.1) is 24.5 Å². The fraction of sp³-hybridized carbons (Fsp3) is 0.478. The Bertz CT molecular complexity index is 924. The lowest BCUT2D eigenvalue weighted by atomic mass is 10.1. The van der Waals surface area contributed by atoms with Crippen molar-refractivity contribution in [3.63, 3.8) is 0 Å². The molecule has 1 aliphatic heterocycles. The molecule has 6 heteroatoms. The van der Waals surface area contributed by atoms with Crippen molar-refractivity contribution < 1.29 is 13.3 Å². The minimum absolute atomic E-state index is 0.120. The summed E-state index contributed by atoms with van der Waals surface area (Å²) < 4.78 is 29.2. The van der Waals surface area contributed by atoms with Gasteiger partial charge in [-0.1, -0.05) is 29.8 Å². The largest absolute Gasteiger partial charge is 0.378 e. The first-order chi connectivity index (χ1) is 13.7. The van der Waals surface area contributed by atoms with Crippen LogP contribution in [0.2, 0.25) is 0 Å². The van der Waals surface area contributed by atoms with Crippen molar-refractivity contribution in [2.24, 2.45) is 0 Å². The fourth-order valence-corrected chi connectivity index (χ4v) is 6.03. The van der Waals surface area contributed by atoms with Crippen LogP contribution in [0.3, 0.4) is 0 Å². The van der Waals surface area contributed by atoms with Gasteiger partial charge in [-0.2, -0.15) is 0 Å². The molecule has 1 fully saturated rings. The molecule has 29 heavy (non-hydrogen) atoms. The zero-order valence-electron chi connectivity index (χ0n) is 18.2. The predicted octanol–water partition coefficient (Wildman–Crippen LogP) is 2.38. The maximum Gasteiger partial charge on any atom is 0.241 e. The molecule has 2 aromatic carbocycles. The number of likely N-dealkylation sites (tertiary alicyclic amines) is 1. The van der Waals surface area contributed by atoms with Gasteiger partial charge in [-0.05, 0) is 44.0 Å². The van der Waals surface area contributed by atoms with E-state index in [1.165, 1.54) is 23.3 Å². The van der Waals surface area contributed by atoms with E-state index in [4.69, 9.17) is 0 Å². The SMILES string of the molecule is Cc1cc(C)c(S(=O)(=O)NC[C@@H](c2ccc(N(C)C)cc2)[NH+]2CCCC2)c(C)c1. The standard InChI is InChI=1S/C23H33N3O2S/c1-17-14-18(2)23(19(3)15-17)29(27,28)24-16-22(26-12-6-7-13-26)20-8-10-21(11-9-20)25(4)5/h8-11,14-15,22,24H,6-7,12-13,16H2,1-5H3/p+1/t22-/m0/s1. The monoisotopic (exact) mass is 416 g/mol. The molecule has 1 atom stereocenters. The van der Waals surface area contributed by atoms with E-state index in [0.29, 0.717) is 11.4 Å². The molecular weight excluding hydrogens is 382 g/mol. The van der Waals surface area contributed by atoms with Gasteiger partial charge in [-0.3, -0.25) is 0 Å².